The van der Waals surface area contributed by atoms with Crippen molar-refractivity contribution in [2.45, 2.75) is 57.3 Å². The lowest BCUT2D eigenvalue weighted by atomic mass is 9.93. The van der Waals surface area contributed by atoms with E-state index in [0.717, 1.165) is 31.4 Å². The summed E-state index contributed by atoms with van der Waals surface area (Å²) in [5, 5.41) is 28.0. The van der Waals surface area contributed by atoms with E-state index < -0.39 is 6.10 Å². The van der Waals surface area contributed by atoms with Crippen LogP contribution in [-0.2, 0) is 13.0 Å². The zero-order valence-corrected chi connectivity index (χ0v) is 19.4. The average Bonchev–Trinajstić information content (AvgIpc) is 3.26. The fourth-order valence-electron chi connectivity index (χ4n) is 4.88. The summed E-state index contributed by atoms with van der Waals surface area (Å²) in [7, 11) is 0. The van der Waals surface area contributed by atoms with Gasteiger partial charge in [-0.05, 0) is 61.6 Å². The monoisotopic (exact) mass is 447 g/mol. The van der Waals surface area contributed by atoms with Crippen LogP contribution < -0.4 is 5.32 Å². The van der Waals surface area contributed by atoms with Crippen molar-refractivity contribution in [2.75, 3.05) is 13.1 Å². The largest absolute Gasteiger partial charge is 0.390 e. The molecule has 1 aliphatic rings. The lowest BCUT2D eigenvalue weighted by molar-refractivity contribution is -0.384. The first-order chi connectivity index (χ1) is 15.8. The van der Waals surface area contributed by atoms with E-state index in [-0.39, 0.29) is 22.2 Å². The van der Waals surface area contributed by atoms with E-state index in [1.165, 1.54) is 16.3 Å². The number of aliphatic hydroxyl groups excluding tert-OH is 1. The lowest BCUT2D eigenvalue weighted by Crippen LogP contribution is -2.50. The van der Waals surface area contributed by atoms with Crippen molar-refractivity contribution in [3.8, 4) is 0 Å². The molecule has 0 bridgehead atoms. The molecule has 1 fully saturated rings. The zero-order chi connectivity index (χ0) is 23.4. The fourth-order valence-corrected chi connectivity index (χ4v) is 4.88. The quantitative estimate of drug-likeness (QED) is 0.368. The van der Waals surface area contributed by atoms with Gasteiger partial charge in [-0.15, -0.1) is 0 Å². The molecule has 1 aliphatic heterocycles. The highest BCUT2D eigenvalue weighted by Gasteiger charge is 2.31. The van der Waals surface area contributed by atoms with Gasteiger partial charge in [0.25, 0.3) is 5.69 Å². The normalized spacial score (nSPS) is 18.0. The van der Waals surface area contributed by atoms with E-state index in [0.29, 0.717) is 13.1 Å². The van der Waals surface area contributed by atoms with Crippen LogP contribution >= 0.6 is 0 Å². The highest BCUT2D eigenvalue weighted by molar-refractivity contribution is 5.83. The number of non-ortho nitro benzene ring substituents is 1. The molecule has 1 saturated heterocycles. The Bertz CT molecular complexity index is 1100. The van der Waals surface area contributed by atoms with Crippen molar-refractivity contribution < 1.29 is 10.0 Å². The number of hydrogen-bond donors (Lipinski definition) is 2. The van der Waals surface area contributed by atoms with Crippen LogP contribution in [0.4, 0.5) is 5.69 Å². The van der Waals surface area contributed by atoms with Gasteiger partial charge in [0, 0.05) is 36.8 Å². The molecule has 6 nitrogen and oxygen atoms in total. The average molecular weight is 448 g/mol. The van der Waals surface area contributed by atoms with Crippen LogP contribution in [0, 0.1) is 10.1 Å². The van der Waals surface area contributed by atoms with E-state index in [1.54, 1.807) is 12.1 Å². The fraction of sp³-hybridized carbons (Fsp3) is 0.407. The van der Waals surface area contributed by atoms with Crippen LogP contribution in [0.2, 0.25) is 0 Å². The first kappa shape index (κ1) is 23.4. The summed E-state index contributed by atoms with van der Waals surface area (Å²) < 4.78 is 0. The maximum atomic E-state index is 11.0. The maximum Gasteiger partial charge on any atom is 0.269 e. The summed E-state index contributed by atoms with van der Waals surface area (Å²) in [5.74, 6) is 0. The SMILES string of the molecule is CC(C)(Cc1ccc2ccccc2c1)NC[C@@H](O)[C@H]1CCCN1Cc1ccc([N+](=O)[O-])cc1. The Balaban J connectivity index is 1.33. The number of β-amino-alcohol motifs (C(OH)–C–C–N with tert-alkyl or cyclic N) is 1. The Morgan fingerprint density at radius 2 is 1.79 bits per heavy atom. The molecule has 0 saturated carbocycles. The predicted octanol–water partition coefficient (Wildman–Crippen LogP) is 4.68. The third-order valence-electron chi connectivity index (χ3n) is 6.64. The number of benzene rings is 3. The number of hydrogen-bond acceptors (Lipinski definition) is 5. The van der Waals surface area contributed by atoms with Crippen molar-refractivity contribution in [1.29, 1.82) is 0 Å². The smallest absolute Gasteiger partial charge is 0.269 e. The first-order valence-corrected chi connectivity index (χ1v) is 11.7. The van der Waals surface area contributed by atoms with Crippen LogP contribution in [-0.4, -0.2) is 45.7 Å². The van der Waals surface area contributed by atoms with Crippen molar-refractivity contribution in [1.82, 2.24) is 10.2 Å². The van der Waals surface area contributed by atoms with Crippen LogP contribution in [0.15, 0.2) is 66.7 Å². The van der Waals surface area contributed by atoms with Crippen LogP contribution in [0.3, 0.4) is 0 Å². The van der Waals surface area contributed by atoms with Gasteiger partial charge in [-0.2, -0.15) is 0 Å². The molecule has 3 aromatic carbocycles. The van der Waals surface area contributed by atoms with Crippen molar-refractivity contribution in [3.63, 3.8) is 0 Å². The second-order valence-electron chi connectivity index (χ2n) is 9.79. The van der Waals surface area contributed by atoms with Gasteiger partial charge in [-0.25, -0.2) is 0 Å². The summed E-state index contributed by atoms with van der Waals surface area (Å²) in [6.07, 6.45) is 2.42. The molecule has 2 N–H and O–H groups in total. The molecule has 0 aromatic heterocycles. The molecule has 0 aliphatic carbocycles. The van der Waals surface area contributed by atoms with Crippen molar-refractivity contribution in [2.24, 2.45) is 0 Å². The summed E-state index contributed by atoms with van der Waals surface area (Å²) in [6.45, 7) is 6.51. The van der Waals surface area contributed by atoms with E-state index in [1.807, 2.05) is 12.1 Å². The minimum atomic E-state index is -0.471. The summed E-state index contributed by atoms with van der Waals surface area (Å²) in [5.41, 5.74) is 2.27. The molecule has 174 valence electrons. The van der Waals surface area contributed by atoms with Gasteiger partial charge in [-0.1, -0.05) is 54.6 Å². The van der Waals surface area contributed by atoms with Crippen LogP contribution in [0.25, 0.3) is 10.8 Å². The number of aliphatic hydroxyl groups is 1. The molecular weight excluding hydrogens is 414 g/mol. The molecule has 0 amide bonds. The number of fused-ring (bicyclic) bond motifs is 1. The molecule has 3 aromatic rings. The number of rotatable bonds is 9. The van der Waals surface area contributed by atoms with Crippen molar-refractivity contribution >= 4 is 16.5 Å². The Hall–Kier alpha value is -2.80. The third-order valence-corrected chi connectivity index (χ3v) is 6.64. The molecule has 0 unspecified atom stereocenters. The van der Waals surface area contributed by atoms with Gasteiger partial charge < -0.3 is 10.4 Å². The molecule has 0 spiro atoms. The van der Waals surface area contributed by atoms with E-state index in [2.05, 4.69) is 66.5 Å². The summed E-state index contributed by atoms with van der Waals surface area (Å²) in [6, 6.07) is 21.8. The number of nitrogens with one attached hydrogen (secondary N) is 1. The van der Waals surface area contributed by atoms with Crippen molar-refractivity contribution in [3.05, 3.63) is 88.0 Å². The molecule has 33 heavy (non-hydrogen) atoms. The highest BCUT2D eigenvalue weighted by atomic mass is 16.6. The highest BCUT2D eigenvalue weighted by Crippen LogP contribution is 2.24. The van der Waals surface area contributed by atoms with Crippen LogP contribution in [0.1, 0.15) is 37.8 Å². The van der Waals surface area contributed by atoms with E-state index >= 15 is 0 Å². The second kappa shape index (κ2) is 10.00. The molecule has 6 heteroatoms. The molecule has 4 rings (SSSR count). The summed E-state index contributed by atoms with van der Waals surface area (Å²) in [4.78, 5) is 12.8. The van der Waals surface area contributed by atoms with Gasteiger partial charge in [0.1, 0.15) is 0 Å². The Kier molecular flexibility index (Phi) is 7.08. The molecule has 0 radical (unpaired) electrons. The standard InChI is InChI=1S/C27H33N3O3/c1-27(2,17-21-9-12-22-6-3-4-7-23(22)16-21)28-18-26(31)25-8-5-15-29(25)19-20-10-13-24(14-11-20)30(32)33/h3-4,6-7,9-14,16,25-26,28,31H,5,8,15,17-19H2,1-2H3/t25-,26-/m1/s1. The Morgan fingerprint density at radius 3 is 2.52 bits per heavy atom. The third kappa shape index (κ3) is 5.96. The maximum absolute atomic E-state index is 11.0. The molecule has 1 heterocycles. The minimum absolute atomic E-state index is 0.0872. The Labute approximate surface area is 195 Å². The number of likely N-dealkylation sites (tertiary alicyclic amines) is 1. The van der Waals surface area contributed by atoms with Gasteiger partial charge in [0.2, 0.25) is 0 Å². The predicted molar refractivity (Wildman–Crippen MR) is 132 cm³/mol. The van der Waals surface area contributed by atoms with Gasteiger partial charge in [0.05, 0.1) is 11.0 Å². The topological polar surface area (TPSA) is 78.6 Å². The van der Waals surface area contributed by atoms with Gasteiger partial charge in [-0.3, -0.25) is 15.0 Å². The van der Waals surface area contributed by atoms with E-state index in [9.17, 15) is 15.2 Å². The molecular formula is C27H33N3O3. The first-order valence-electron chi connectivity index (χ1n) is 11.7. The Morgan fingerprint density at radius 1 is 1.09 bits per heavy atom. The summed E-state index contributed by atoms with van der Waals surface area (Å²) >= 11 is 0. The van der Waals surface area contributed by atoms with E-state index in [4.69, 9.17) is 0 Å². The van der Waals surface area contributed by atoms with Gasteiger partial charge >= 0.3 is 0 Å². The number of nitro groups is 1. The molecule has 2 atom stereocenters. The zero-order valence-electron chi connectivity index (χ0n) is 19.4. The number of nitro benzene ring substituents is 1. The minimum Gasteiger partial charge on any atom is -0.390 e. The van der Waals surface area contributed by atoms with Crippen LogP contribution in [0.5, 0.6) is 0 Å². The van der Waals surface area contributed by atoms with Gasteiger partial charge in [0.15, 0.2) is 0 Å². The second-order valence-corrected chi connectivity index (χ2v) is 9.79. The number of nitrogens with zero attached hydrogens (tertiary/aromatic N) is 2. The lowest BCUT2D eigenvalue weighted by Gasteiger charge is -2.33.